The van der Waals surface area contributed by atoms with Crippen molar-refractivity contribution in [2.45, 2.75) is 39.0 Å². The Bertz CT molecular complexity index is 393. The summed E-state index contributed by atoms with van der Waals surface area (Å²) in [5, 5.41) is 11.2. The van der Waals surface area contributed by atoms with Crippen LogP contribution in [0.25, 0.3) is 0 Å². The van der Waals surface area contributed by atoms with E-state index < -0.39 is 0 Å². The third-order valence-corrected chi connectivity index (χ3v) is 3.58. The Balaban J connectivity index is 0.000000370. The van der Waals surface area contributed by atoms with E-state index in [-0.39, 0.29) is 22.8 Å². The molecule has 0 aliphatic heterocycles. The van der Waals surface area contributed by atoms with Crippen molar-refractivity contribution in [3.05, 3.63) is 59.9 Å². The predicted molar refractivity (Wildman–Crippen MR) is 89.7 cm³/mol. The maximum absolute atomic E-state index is 11.2. The molecule has 2 rings (SSSR count). The van der Waals surface area contributed by atoms with Crippen LogP contribution in [0.15, 0.2) is 59.9 Å². The van der Waals surface area contributed by atoms with Gasteiger partial charge in [-0.3, -0.25) is 0 Å². The van der Waals surface area contributed by atoms with Gasteiger partial charge < -0.3 is 5.11 Å². The van der Waals surface area contributed by atoms with Gasteiger partial charge in [-0.2, -0.15) is 12.6 Å². The summed E-state index contributed by atoms with van der Waals surface area (Å²) in [4.78, 5) is 0. The number of rotatable bonds is 6. The van der Waals surface area contributed by atoms with E-state index in [0.717, 1.165) is 23.7 Å². The summed E-state index contributed by atoms with van der Waals surface area (Å²) in [5.74, 6) is 1.76. The molecule has 0 aromatic heterocycles. The van der Waals surface area contributed by atoms with Gasteiger partial charge in [0.1, 0.15) is 0 Å². The maximum Gasteiger partial charge on any atom is 2.00 e. The summed E-state index contributed by atoms with van der Waals surface area (Å²) < 4.78 is 0. The van der Waals surface area contributed by atoms with Gasteiger partial charge >= 0.3 is 17.1 Å². The molecule has 0 fully saturated rings. The minimum Gasteiger partial charge on any atom is -0.875 e. The third kappa shape index (κ3) is 9.08. The summed E-state index contributed by atoms with van der Waals surface area (Å²) in [6.07, 6.45) is 21.8. The maximum atomic E-state index is 11.2. The molecule has 0 saturated carbocycles. The molecular formula is C18H25FeOS+. The number of allylic oxidation sites excluding steroid dienone is 10. The van der Waals surface area contributed by atoms with E-state index in [1.54, 1.807) is 0 Å². The van der Waals surface area contributed by atoms with Crippen molar-refractivity contribution in [2.75, 3.05) is 5.75 Å². The fourth-order valence-electron chi connectivity index (χ4n) is 2.05. The average molecular weight is 345 g/mol. The van der Waals surface area contributed by atoms with Crippen molar-refractivity contribution in [3.63, 3.8) is 0 Å². The van der Waals surface area contributed by atoms with Gasteiger partial charge in [0.2, 0.25) is 0 Å². The minimum atomic E-state index is 0. The standard InChI is InChI=1S/C9H12OS.C9H14.Fe/c10-9(6-3-7-11)8-4-1-2-5-8;1-2-3-6-9-7-4-5-8-9;/h1-2,4-5,10-11H,3,6-7H2;4-5,7-9H,2-3,6H2,1H3;/q;;+2/p-1. The van der Waals surface area contributed by atoms with Gasteiger partial charge in [0.15, 0.2) is 0 Å². The molecule has 0 unspecified atom stereocenters. The van der Waals surface area contributed by atoms with Gasteiger partial charge in [-0.05, 0) is 36.5 Å². The normalized spacial score (nSPS) is 15.0. The first-order chi connectivity index (χ1) is 9.77. The van der Waals surface area contributed by atoms with Gasteiger partial charge in [-0.25, -0.2) is 0 Å². The van der Waals surface area contributed by atoms with Crippen LogP contribution in [0.3, 0.4) is 0 Å². The number of hydrogen-bond acceptors (Lipinski definition) is 2. The molecule has 0 saturated heterocycles. The van der Waals surface area contributed by atoms with Gasteiger partial charge in [-0.15, -0.1) is 5.76 Å². The molecule has 0 amide bonds. The first-order valence-electron chi connectivity index (χ1n) is 7.48. The second-order valence-electron chi connectivity index (χ2n) is 5.00. The van der Waals surface area contributed by atoms with Crippen molar-refractivity contribution >= 4 is 12.6 Å². The summed E-state index contributed by atoms with van der Waals surface area (Å²) >= 11 is 4.04. The third-order valence-electron chi connectivity index (χ3n) is 3.27. The summed E-state index contributed by atoms with van der Waals surface area (Å²) in [6, 6.07) is 0. The van der Waals surface area contributed by atoms with E-state index in [1.165, 1.54) is 19.3 Å². The molecule has 0 heterocycles. The second kappa shape index (κ2) is 13.1. The Morgan fingerprint density at radius 1 is 1.10 bits per heavy atom. The molecule has 0 aromatic rings. The SMILES string of the molecule is CCCCC1C=CC=C1.[Fe+2].[O-]C(CCCS)=C1C=CC=C1. The van der Waals surface area contributed by atoms with Crippen LogP contribution in [0.2, 0.25) is 0 Å². The molecule has 116 valence electrons. The van der Waals surface area contributed by atoms with Crippen molar-refractivity contribution < 1.29 is 22.2 Å². The van der Waals surface area contributed by atoms with Crippen molar-refractivity contribution in [3.8, 4) is 0 Å². The Hall–Kier alpha value is -0.631. The zero-order chi connectivity index (χ0) is 14.6. The van der Waals surface area contributed by atoms with Crippen molar-refractivity contribution in [2.24, 2.45) is 5.92 Å². The zero-order valence-corrected chi connectivity index (χ0v) is 14.6. The molecule has 21 heavy (non-hydrogen) atoms. The Labute approximate surface area is 145 Å². The molecule has 0 atom stereocenters. The number of unbranched alkanes of at least 4 members (excludes halogenated alkanes) is 1. The molecule has 1 nitrogen and oxygen atoms in total. The Morgan fingerprint density at radius 2 is 1.71 bits per heavy atom. The van der Waals surface area contributed by atoms with E-state index in [1.807, 2.05) is 24.3 Å². The van der Waals surface area contributed by atoms with E-state index in [4.69, 9.17) is 0 Å². The van der Waals surface area contributed by atoms with Crippen LogP contribution in [-0.2, 0) is 17.1 Å². The minimum absolute atomic E-state index is 0. The summed E-state index contributed by atoms with van der Waals surface area (Å²) in [5.41, 5.74) is 0.826. The van der Waals surface area contributed by atoms with Crippen LogP contribution in [0.1, 0.15) is 39.0 Å². The van der Waals surface area contributed by atoms with Gasteiger partial charge in [0, 0.05) is 0 Å². The molecule has 0 radical (unpaired) electrons. The van der Waals surface area contributed by atoms with Crippen LogP contribution in [-0.4, -0.2) is 5.75 Å². The van der Waals surface area contributed by atoms with E-state index in [9.17, 15) is 5.11 Å². The molecule has 0 spiro atoms. The van der Waals surface area contributed by atoms with E-state index >= 15 is 0 Å². The van der Waals surface area contributed by atoms with Crippen LogP contribution in [0.4, 0.5) is 0 Å². The van der Waals surface area contributed by atoms with Crippen LogP contribution in [0, 0.1) is 5.92 Å². The van der Waals surface area contributed by atoms with E-state index in [0.29, 0.717) is 6.42 Å². The predicted octanol–water partition coefficient (Wildman–Crippen LogP) is 4.35. The first-order valence-corrected chi connectivity index (χ1v) is 8.12. The smallest absolute Gasteiger partial charge is 0.875 e. The molecular weight excluding hydrogens is 320 g/mol. The van der Waals surface area contributed by atoms with Gasteiger partial charge in [-0.1, -0.05) is 68.4 Å². The molecule has 0 N–H and O–H groups in total. The second-order valence-corrected chi connectivity index (χ2v) is 5.45. The monoisotopic (exact) mass is 345 g/mol. The average Bonchev–Trinajstić information content (AvgIpc) is 3.15. The number of hydrogen-bond donors (Lipinski definition) is 1. The van der Waals surface area contributed by atoms with Crippen LogP contribution < -0.4 is 5.11 Å². The molecule has 2 aliphatic carbocycles. The van der Waals surface area contributed by atoms with Crippen molar-refractivity contribution in [1.82, 2.24) is 0 Å². The Morgan fingerprint density at radius 3 is 2.24 bits per heavy atom. The first kappa shape index (κ1) is 20.4. The molecule has 3 heteroatoms. The number of thiol groups is 1. The molecule has 0 bridgehead atoms. The Kier molecular flexibility index (Phi) is 12.7. The quantitative estimate of drug-likeness (QED) is 0.432. The fourth-order valence-corrected chi connectivity index (χ4v) is 2.21. The largest absolute Gasteiger partial charge is 2.00 e. The molecule has 2 aliphatic rings. The topological polar surface area (TPSA) is 23.1 Å². The molecule has 0 aromatic carbocycles. The zero-order valence-electron chi connectivity index (χ0n) is 12.6. The van der Waals surface area contributed by atoms with Crippen LogP contribution in [0.5, 0.6) is 0 Å². The van der Waals surface area contributed by atoms with Gasteiger partial charge in [0.25, 0.3) is 0 Å². The summed E-state index contributed by atoms with van der Waals surface area (Å²) in [7, 11) is 0. The summed E-state index contributed by atoms with van der Waals surface area (Å²) in [6.45, 7) is 2.24. The fraction of sp³-hybridized carbons (Fsp3) is 0.444. The van der Waals surface area contributed by atoms with Crippen molar-refractivity contribution in [1.29, 1.82) is 0 Å². The van der Waals surface area contributed by atoms with Crippen LogP contribution >= 0.6 is 12.6 Å². The van der Waals surface area contributed by atoms with E-state index in [2.05, 4.69) is 43.9 Å². The van der Waals surface area contributed by atoms with Gasteiger partial charge in [0.05, 0.1) is 0 Å².